The van der Waals surface area contributed by atoms with Crippen LogP contribution in [-0.2, 0) is 21.4 Å². The predicted molar refractivity (Wildman–Crippen MR) is 127 cm³/mol. The van der Waals surface area contributed by atoms with Crippen molar-refractivity contribution in [2.45, 2.75) is 18.4 Å². The Morgan fingerprint density at radius 2 is 1.88 bits per heavy atom. The van der Waals surface area contributed by atoms with Crippen molar-refractivity contribution in [3.63, 3.8) is 0 Å². The third-order valence-corrected chi connectivity index (χ3v) is 6.77. The number of rotatable bonds is 6. The van der Waals surface area contributed by atoms with Crippen molar-refractivity contribution in [2.75, 3.05) is 5.32 Å². The molecule has 0 radical (unpaired) electrons. The summed E-state index contributed by atoms with van der Waals surface area (Å²) >= 11 is 1.04. The highest BCUT2D eigenvalue weighted by Crippen LogP contribution is 2.26. The average Bonchev–Trinajstić information content (AvgIpc) is 3.20. The fraction of sp³-hybridized carbons (Fsp3) is 0.0909. The molecule has 2 aromatic carbocycles. The Bertz CT molecular complexity index is 1600. The number of nitrogens with zero attached hydrogens (tertiary/aromatic N) is 2. The normalized spacial score (nSPS) is 11.5. The summed E-state index contributed by atoms with van der Waals surface area (Å²) in [6, 6.07) is 12.4. The van der Waals surface area contributed by atoms with Gasteiger partial charge < -0.3 is 10.4 Å². The van der Waals surface area contributed by atoms with E-state index in [0.717, 1.165) is 21.5 Å². The maximum Gasteiger partial charge on any atom is 0.337 e. The molecule has 0 saturated carbocycles. The monoisotopic (exact) mass is 498 g/mol. The number of primary sulfonamides is 1. The van der Waals surface area contributed by atoms with Gasteiger partial charge in [0.25, 0.3) is 5.56 Å². The molecule has 0 fully saturated rings. The van der Waals surface area contributed by atoms with Gasteiger partial charge >= 0.3 is 5.97 Å². The van der Waals surface area contributed by atoms with E-state index in [1.807, 2.05) is 13.0 Å². The van der Waals surface area contributed by atoms with Gasteiger partial charge in [-0.2, -0.15) is 0 Å². The van der Waals surface area contributed by atoms with Gasteiger partial charge in [0, 0.05) is 16.6 Å². The molecule has 0 aliphatic rings. The molecule has 4 aromatic rings. The van der Waals surface area contributed by atoms with E-state index in [9.17, 15) is 27.9 Å². The summed E-state index contributed by atoms with van der Waals surface area (Å²) in [7, 11) is -3.88. The molecule has 0 aliphatic heterocycles. The van der Waals surface area contributed by atoms with Gasteiger partial charge in [-0.3, -0.25) is 14.2 Å². The molecule has 174 valence electrons. The number of nitrogens with one attached hydrogen (secondary N) is 1. The highest BCUT2D eigenvalue weighted by Gasteiger charge is 2.22. The highest BCUT2D eigenvalue weighted by atomic mass is 32.2. The van der Waals surface area contributed by atoms with Crippen molar-refractivity contribution >= 4 is 49.1 Å². The molecule has 0 saturated heterocycles. The number of hydrogen-bond acceptors (Lipinski definition) is 7. The summed E-state index contributed by atoms with van der Waals surface area (Å²) in [5.74, 6) is -1.63. The molecule has 2 aromatic heterocycles. The van der Waals surface area contributed by atoms with E-state index in [1.54, 1.807) is 18.2 Å². The van der Waals surface area contributed by atoms with Crippen LogP contribution in [0, 0.1) is 6.92 Å². The number of hydrogen-bond donors (Lipinski definition) is 3. The minimum Gasteiger partial charge on any atom is -0.478 e. The molecular formula is C22H18N4O6S2. The highest BCUT2D eigenvalue weighted by molar-refractivity contribution is 7.89. The van der Waals surface area contributed by atoms with Crippen molar-refractivity contribution < 1.29 is 23.1 Å². The molecule has 4 N–H and O–H groups in total. The number of carbonyl (C=O) groups is 2. The lowest BCUT2D eigenvalue weighted by molar-refractivity contribution is -0.116. The van der Waals surface area contributed by atoms with Crippen LogP contribution in [-0.4, -0.2) is 35.0 Å². The maximum absolute atomic E-state index is 13.3. The fourth-order valence-electron chi connectivity index (χ4n) is 3.41. The number of anilines is 1. The van der Waals surface area contributed by atoms with Crippen LogP contribution in [0.1, 0.15) is 15.9 Å². The Balaban J connectivity index is 1.76. The predicted octanol–water partition coefficient (Wildman–Crippen LogP) is 2.42. The Morgan fingerprint density at radius 1 is 1.18 bits per heavy atom. The van der Waals surface area contributed by atoms with Crippen molar-refractivity contribution in [3.8, 4) is 11.4 Å². The quantitative estimate of drug-likeness (QED) is 0.368. The summed E-state index contributed by atoms with van der Waals surface area (Å²) in [4.78, 5) is 42.4. The fourth-order valence-corrected chi connectivity index (χ4v) is 4.82. The second kappa shape index (κ2) is 8.82. The lowest BCUT2D eigenvalue weighted by Gasteiger charge is -2.13. The first-order valence-corrected chi connectivity index (χ1v) is 12.2. The number of carbonyl (C=O) groups excluding carboxylic acids is 1. The number of sulfonamides is 1. The number of amides is 1. The van der Waals surface area contributed by atoms with Crippen LogP contribution in [0.15, 0.2) is 63.6 Å². The van der Waals surface area contributed by atoms with Gasteiger partial charge in [-0.25, -0.2) is 23.3 Å². The number of aromatic nitrogens is 2. The molecule has 1 amide bonds. The summed E-state index contributed by atoms with van der Waals surface area (Å²) in [5, 5.41) is 18.4. The van der Waals surface area contributed by atoms with Gasteiger partial charge in [-0.05, 0) is 37.3 Å². The van der Waals surface area contributed by atoms with Crippen molar-refractivity contribution in [1.82, 2.24) is 9.55 Å². The number of carboxylic acid groups (broad SMARTS) is 1. The smallest absolute Gasteiger partial charge is 0.337 e. The Kier molecular flexibility index (Phi) is 6.04. The van der Waals surface area contributed by atoms with Crippen molar-refractivity contribution in [1.29, 1.82) is 0 Å². The van der Waals surface area contributed by atoms with Crippen LogP contribution in [0.4, 0.5) is 5.69 Å². The Hall–Kier alpha value is -3.87. The summed E-state index contributed by atoms with van der Waals surface area (Å²) in [6.45, 7) is 1.42. The third kappa shape index (κ3) is 4.59. The van der Waals surface area contributed by atoms with Gasteiger partial charge in [0.15, 0.2) is 0 Å². The molecule has 0 spiro atoms. The number of nitrogens with two attached hydrogens (primary N) is 1. The number of carboxylic acids is 1. The molecular weight excluding hydrogens is 480 g/mol. The zero-order chi connectivity index (χ0) is 24.6. The molecule has 10 nitrogen and oxygen atoms in total. The maximum atomic E-state index is 13.3. The van der Waals surface area contributed by atoms with E-state index >= 15 is 0 Å². The summed E-state index contributed by atoms with van der Waals surface area (Å²) in [6.07, 6.45) is 0. The summed E-state index contributed by atoms with van der Waals surface area (Å²) < 4.78 is 23.9. The molecule has 4 rings (SSSR count). The average molecular weight is 499 g/mol. The van der Waals surface area contributed by atoms with Crippen molar-refractivity contribution in [2.24, 2.45) is 5.14 Å². The van der Waals surface area contributed by atoms with E-state index in [-0.39, 0.29) is 26.5 Å². The minimum absolute atomic E-state index is 0.0702. The molecule has 0 bridgehead atoms. The van der Waals surface area contributed by atoms with Crippen LogP contribution in [0.25, 0.3) is 21.6 Å². The minimum atomic E-state index is -3.88. The second-order valence-corrected chi connectivity index (χ2v) is 9.87. The van der Waals surface area contributed by atoms with Gasteiger partial charge in [-0.15, -0.1) is 11.3 Å². The van der Waals surface area contributed by atoms with Crippen LogP contribution in [0.3, 0.4) is 0 Å². The Labute approximate surface area is 197 Å². The van der Waals surface area contributed by atoms with Crippen LogP contribution in [0.2, 0.25) is 0 Å². The van der Waals surface area contributed by atoms with E-state index in [2.05, 4.69) is 10.3 Å². The first-order chi connectivity index (χ1) is 16.0. The molecule has 0 aliphatic carbocycles. The molecule has 2 heterocycles. The van der Waals surface area contributed by atoms with Crippen LogP contribution in [0.5, 0.6) is 0 Å². The topological polar surface area (TPSA) is 161 Å². The van der Waals surface area contributed by atoms with Crippen LogP contribution < -0.4 is 16.0 Å². The molecule has 12 heteroatoms. The number of benzene rings is 2. The van der Waals surface area contributed by atoms with E-state index < -0.39 is 34.0 Å². The first-order valence-electron chi connectivity index (χ1n) is 9.79. The SMILES string of the molecule is Cc1cccc(-c2nc3scc(C(=O)O)c3c(=O)n2CC(=O)Nc2ccc(S(N)(=O)=O)cc2)c1. The van der Waals surface area contributed by atoms with E-state index in [4.69, 9.17) is 5.14 Å². The number of aryl methyl sites for hydroxylation is 1. The number of aromatic carboxylic acids is 1. The number of fused-ring (bicyclic) bond motifs is 1. The zero-order valence-corrected chi connectivity index (χ0v) is 19.3. The lowest BCUT2D eigenvalue weighted by atomic mass is 10.1. The van der Waals surface area contributed by atoms with Gasteiger partial charge in [0.2, 0.25) is 15.9 Å². The van der Waals surface area contributed by atoms with Gasteiger partial charge in [0.05, 0.1) is 15.8 Å². The van der Waals surface area contributed by atoms with E-state index in [0.29, 0.717) is 11.3 Å². The first kappa shape index (κ1) is 23.3. The van der Waals surface area contributed by atoms with Crippen LogP contribution >= 0.6 is 11.3 Å². The molecule has 0 unspecified atom stereocenters. The van der Waals surface area contributed by atoms with Gasteiger partial charge in [-0.1, -0.05) is 23.8 Å². The molecule has 0 atom stereocenters. The van der Waals surface area contributed by atoms with Gasteiger partial charge in [0.1, 0.15) is 17.2 Å². The molecule has 34 heavy (non-hydrogen) atoms. The lowest BCUT2D eigenvalue weighted by Crippen LogP contribution is -2.30. The standard InChI is InChI=1S/C22H18N4O6S2/c1-12-3-2-4-13(9-12)19-25-20-18(16(11-33-20)22(29)30)21(28)26(19)10-17(27)24-14-5-7-15(8-6-14)34(23,31)32/h2-9,11H,10H2,1H3,(H,24,27)(H,29,30)(H2,23,31,32). The second-order valence-electron chi connectivity index (χ2n) is 7.45. The third-order valence-electron chi connectivity index (χ3n) is 4.97. The largest absolute Gasteiger partial charge is 0.478 e. The zero-order valence-electron chi connectivity index (χ0n) is 17.7. The van der Waals surface area contributed by atoms with E-state index in [1.165, 1.54) is 29.6 Å². The Morgan fingerprint density at radius 3 is 2.50 bits per heavy atom. The van der Waals surface area contributed by atoms with Crippen molar-refractivity contribution in [3.05, 3.63) is 75.4 Å². The number of thiophene rings is 1. The summed E-state index contributed by atoms with van der Waals surface area (Å²) in [5.41, 5.74) is 0.962.